The third-order valence-corrected chi connectivity index (χ3v) is 5.45. The van der Waals surface area contributed by atoms with Crippen molar-refractivity contribution < 1.29 is 17.9 Å². The van der Waals surface area contributed by atoms with Crippen molar-refractivity contribution in [2.75, 3.05) is 39.4 Å². The number of sulfonamides is 1. The fraction of sp³-hybridized carbons (Fsp3) is 0.667. The molecule has 0 saturated heterocycles. The highest BCUT2D eigenvalue weighted by molar-refractivity contribution is 7.89. The summed E-state index contributed by atoms with van der Waals surface area (Å²) in [6.45, 7) is 13.8. The Balaban J connectivity index is 2.92. The van der Waals surface area contributed by atoms with Gasteiger partial charge in [0.2, 0.25) is 10.0 Å². The maximum atomic E-state index is 12.7. The average Bonchev–Trinajstić information content (AvgIpc) is 2.57. The minimum absolute atomic E-state index is 0.131. The van der Waals surface area contributed by atoms with Crippen molar-refractivity contribution in [3.63, 3.8) is 0 Å². The lowest BCUT2D eigenvalue weighted by atomic mass is 10.2. The van der Waals surface area contributed by atoms with Crippen LogP contribution in [0.1, 0.15) is 39.7 Å². The van der Waals surface area contributed by atoms with Gasteiger partial charge in [0.05, 0.1) is 13.2 Å². The first kappa shape index (κ1) is 21.7. The fourth-order valence-corrected chi connectivity index (χ4v) is 3.77. The van der Waals surface area contributed by atoms with Crippen molar-refractivity contribution in [3.05, 3.63) is 17.7 Å². The summed E-state index contributed by atoms with van der Waals surface area (Å²) in [4.78, 5) is 2.39. The molecule has 6 nitrogen and oxygen atoms in total. The van der Waals surface area contributed by atoms with Crippen molar-refractivity contribution in [1.29, 1.82) is 0 Å². The number of benzene rings is 1. The van der Waals surface area contributed by atoms with E-state index in [-0.39, 0.29) is 4.90 Å². The Morgan fingerprint density at radius 3 is 2.16 bits per heavy atom. The van der Waals surface area contributed by atoms with Crippen molar-refractivity contribution in [2.45, 2.75) is 45.9 Å². The molecule has 0 aliphatic carbocycles. The molecule has 0 atom stereocenters. The van der Waals surface area contributed by atoms with Crippen molar-refractivity contribution in [3.8, 4) is 11.5 Å². The molecule has 0 spiro atoms. The molecule has 0 fully saturated rings. The summed E-state index contributed by atoms with van der Waals surface area (Å²) in [5, 5.41) is 0. The van der Waals surface area contributed by atoms with Gasteiger partial charge in [-0.05, 0) is 58.5 Å². The van der Waals surface area contributed by atoms with Crippen molar-refractivity contribution in [1.82, 2.24) is 9.62 Å². The van der Waals surface area contributed by atoms with Crippen LogP contribution in [0.5, 0.6) is 11.5 Å². The van der Waals surface area contributed by atoms with Crippen LogP contribution in [-0.2, 0) is 10.0 Å². The zero-order valence-corrected chi connectivity index (χ0v) is 16.9. The van der Waals surface area contributed by atoms with E-state index in [1.54, 1.807) is 12.1 Å². The van der Waals surface area contributed by atoms with Crippen LogP contribution in [0.15, 0.2) is 17.0 Å². The van der Waals surface area contributed by atoms with E-state index < -0.39 is 10.0 Å². The van der Waals surface area contributed by atoms with Crippen LogP contribution in [0.3, 0.4) is 0 Å². The Morgan fingerprint density at radius 2 is 1.60 bits per heavy atom. The molecule has 0 aliphatic heterocycles. The second-order valence-electron chi connectivity index (χ2n) is 5.71. The van der Waals surface area contributed by atoms with Crippen LogP contribution in [0, 0.1) is 6.92 Å². The molecule has 0 unspecified atom stereocenters. The van der Waals surface area contributed by atoms with Gasteiger partial charge in [0.1, 0.15) is 16.4 Å². The van der Waals surface area contributed by atoms with Gasteiger partial charge >= 0.3 is 0 Å². The summed E-state index contributed by atoms with van der Waals surface area (Å²) in [6.07, 6.45) is 0.759. The molecule has 1 rings (SSSR count). The summed E-state index contributed by atoms with van der Waals surface area (Å²) in [6, 6.07) is 3.27. The molecule has 25 heavy (non-hydrogen) atoms. The van der Waals surface area contributed by atoms with E-state index >= 15 is 0 Å². The van der Waals surface area contributed by atoms with Gasteiger partial charge in [-0.2, -0.15) is 0 Å². The zero-order chi connectivity index (χ0) is 18.9. The second-order valence-corrected chi connectivity index (χ2v) is 7.44. The Bertz CT molecular complexity index is 628. The average molecular weight is 373 g/mol. The second kappa shape index (κ2) is 10.6. The van der Waals surface area contributed by atoms with Crippen LogP contribution in [0.25, 0.3) is 0 Å². The maximum absolute atomic E-state index is 12.7. The lowest BCUT2D eigenvalue weighted by molar-refractivity contribution is 0.300. The third kappa shape index (κ3) is 6.49. The molecule has 0 aromatic heterocycles. The summed E-state index contributed by atoms with van der Waals surface area (Å²) < 4.78 is 39.2. The van der Waals surface area contributed by atoms with Crippen LogP contribution in [-0.4, -0.2) is 52.7 Å². The lowest BCUT2D eigenvalue weighted by Crippen LogP contribution is -2.30. The summed E-state index contributed by atoms with van der Waals surface area (Å²) in [5.74, 6) is 0.925. The highest BCUT2D eigenvalue weighted by Crippen LogP contribution is 2.32. The number of ether oxygens (including phenoxy) is 2. The van der Waals surface area contributed by atoms with Crippen LogP contribution in [0.4, 0.5) is 0 Å². The summed E-state index contributed by atoms with van der Waals surface area (Å²) in [5.41, 5.74) is 0.853. The molecule has 1 aromatic carbocycles. The van der Waals surface area contributed by atoms with E-state index in [4.69, 9.17) is 9.47 Å². The molecule has 1 aromatic rings. The number of hydrogen-bond donors (Lipinski definition) is 1. The topological polar surface area (TPSA) is 67.9 Å². The Kier molecular flexibility index (Phi) is 9.24. The Morgan fingerprint density at radius 1 is 1.00 bits per heavy atom. The molecule has 0 radical (unpaired) electrons. The van der Waals surface area contributed by atoms with Gasteiger partial charge in [-0.25, -0.2) is 13.1 Å². The van der Waals surface area contributed by atoms with Crippen molar-refractivity contribution >= 4 is 10.0 Å². The van der Waals surface area contributed by atoms with Gasteiger partial charge in [-0.1, -0.05) is 13.8 Å². The monoisotopic (exact) mass is 372 g/mol. The summed E-state index contributed by atoms with van der Waals surface area (Å²) >= 11 is 0. The molecule has 0 saturated carbocycles. The number of hydrogen-bond acceptors (Lipinski definition) is 5. The molecule has 0 amide bonds. The highest BCUT2D eigenvalue weighted by Gasteiger charge is 2.22. The maximum Gasteiger partial charge on any atom is 0.244 e. The number of rotatable bonds is 12. The number of nitrogens with one attached hydrogen (secondary N) is 1. The van der Waals surface area contributed by atoms with Crippen LogP contribution < -0.4 is 14.2 Å². The first-order valence-electron chi connectivity index (χ1n) is 9.01. The Hall–Kier alpha value is -1.31. The quantitative estimate of drug-likeness (QED) is 0.572. The molecular formula is C18H32N2O4S. The number of aryl methyl sites for hydroxylation is 1. The predicted octanol–water partition coefficient (Wildman–Crippen LogP) is 2.80. The first-order valence-corrected chi connectivity index (χ1v) is 10.5. The van der Waals surface area contributed by atoms with Gasteiger partial charge < -0.3 is 14.4 Å². The highest BCUT2D eigenvalue weighted by atomic mass is 32.2. The van der Waals surface area contributed by atoms with Gasteiger partial charge in [0.15, 0.2) is 0 Å². The standard InChI is InChI=1S/C18H32N2O4S/c1-6-20(7-2)12-10-11-19-25(21,22)18-14-16(23-8-3)15(5)13-17(18)24-9-4/h13-14,19H,6-12H2,1-5H3. The van der Waals surface area contributed by atoms with E-state index in [2.05, 4.69) is 23.5 Å². The van der Waals surface area contributed by atoms with Gasteiger partial charge in [-0.3, -0.25) is 0 Å². The normalized spacial score (nSPS) is 11.8. The number of nitrogens with zero attached hydrogens (tertiary/aromatic N) is 1. The fourth-order valence-electron chi connectivity index (χ4n) is 2.56. The van der Waals surface area contributed by atoms with Crippen molar-refractivity contribution in [2.24, 2.45) is 0 Å². The van der Waals surface area contributed by atoms with Gasteiger partial charge in [-0.15, -0.1) is 0 Å². The molecular weight excluding hydrogens is 340 g/mol. The third-order valence-electron chi connectivity index (χ3n) is 3.97. The van der Waals surface area contributed by atoms with E-state index in [1.165, 1.54) is 0 Å². The molecule has 1 N–H and O–H groups in total. The largest absolute Gasteiger partial charge is 0.494 e. The SMILES string of the molecule is CCOc1cc(S(=O)(=O)NCCCN(CC)CC)c(OCC)cc1C. The zero-order valence-electron chi connectivity index (χ0n) is 16.1. The Labute approximate surface area is 152 Å². The van der Waals surface area contributed by atoms with E-state index in [0.29, 0.717) is 31.3 Å². The molecule has 0 bridgehead atoms. The minimum Gasteiger partial charge on any atom is -0.494 e. The summed E-state index contributed by atoms with van der Waals surface area (Å²) in [7, 11) is -3.66. The smallest absolute Gasteiger partial charge is 0.244 e. The first-order chi connectivity index (χ1) is 11.9. The molecule has 0 heterocycles. The van der Waals surface area contributed by atoms with Crippen LogP contribution in [0.2, 0.25) is 0 Å². The van der Waals surface area contributed by atoms with E-state index in [1.807, 2.05) is 20.8 Å². The van der Waals surface area contributed by atoms with Gasteiger partial charge in [0.25, 0.3) is 0 Å². The lowest BCUT2D eigenvalue weighted by Gasteiger charge is -2.18. The molecule has 0 aliphatic rings. The molecule has 7 heteroatoms. The van der Waals surface area contributed by atoms with E-state index in [9.17, 15) is 8.42 Å². The molecule has 144 valence electrons. The predicted molar refractivity (Wildman–Crippen MR) is 101 cm³/mol. The van der Waals surface area contributed by atoms with E-state index in [0.717, 1.165) is 31.6 Å². The minimum atomic E-state index is -3.66. The van der Waals surface area contributed by atoms with Gasteiger partial charge in [0, 0.05) is 12.6 Å². The van der Waals surface area contributed by atoms with Crippen LogP contribution >= 0.6 is 0 Å².